The molecule has 11 atom stereocenters. The van der Waals surface area contributed by atoms with E-state index in [9.17, 15) is 19.5 Å². The Bertz CT molecular complexity index is 1320. The molecule has 0 aromatic heterocycles. The van der Waals surface area contributed by atoms with Crippen LogP contribution in [0.25, 0.3) is 0 Å². The standard InChI is InChI=1S/C40H65NO7/c1-13-39(14-2,41(11)12)22-47-33-29(48-26(6)42)20-40-23-46-21-36(33,8)30(40)16-15-27-28(40)19-31(43)38(10)32(34(44)45)35(7,25(5)24(3)4)17-18-37(27,38)9/h19,24-25,27,29-30,32-33H,13-18,20-23H2,1-12H3,(H,44,45)/t25-,27+,29-,30+,32-,33+,35-,36-,37-,38+,40+/m1/s1. The van der Waals surface area contributed by atoms with E-state index in [4.69, 9.17) is 14.2 Å². The largest absolute Gasteiger partial charge is 0.481 e. The van der Waals surface area contributed by atoms with Crippen LogP contribution in [0.15, 0.2) is 11.6 Å². The SMILES string of the molecule is CCC(CC)(CO[C@H]1[C@H](OC(C)=O)C[C@@]23COC[C@]1(C)[C@@H]2CC[C@H]1C3=CC(=O)[C@@]2(C)[C@H](C(=O)O)[C@@](C)([C@H](C)C(C)C)CC[C@]12C)N(C)C. The van der Waals surface area contributed by atoms with Crippen LogP contribution in [0.5, 0.6) is 0 Å². The minimum atomic E-state index is -1.04. The molecule has 3 saturated carbocycles. The van der Waals surface area contributed by atoms with Gasteiger partial charge in [0.1, 0.15) is 12.2 Å². The number of nitrogens with zero attached hydrogens (tertiary/aromatic N) is 1. The summed E-state index contributed by atoms with van der Waals surface area (Å²) in [6.07, 6.45) is 6.84. The topological polar surface area (TPSA) is 102 Å². The van der Waals surface area contributed by atoms with Crippen molar-refractivity contribution >= 4 is 17.7 Å². The fraction of sp³-hybridized carbons (Fsp3) is 0.875. The van der Waals surface area contributed by atoms with Crippen molar-refractivity contribution in [3.8, 4) is 0 Å². The molecule has 272 valence electrons. The van der Waals surface area contributed by atoms with E-state index in [0.717, 1.165) is 44.1 Å². The predicted molar refractivity (Wildman–Crippen MR) is 186 cm³/mol. The van der Waals surface area contributed by atoms with Gasteiger partial charge in [-0.05, 0) is 99.6 Å². The van der Waals surface area contributed by atoms with Crippen LogP contribution in [0.4, 0.5) is 0 Å². The number of hydrogen-bond acceptors (Lipinski definition) is 7. The van der Waals surface area contributed by atoms with E-state index in [1.54, 1.807) is 0 Å². The lowest BCUT2D eigenvalue weighted by Gasteiger charge is -2.70. The third kappa shape index (κ3) is 5.03. The summed E-state index contributed by atoms with van der Waals surface area (Å²) in [5.74, 6) is -1.36. The van der Waals surface area contributed by atoms with E-state index in [2.05, 4.69) is 74.4 Å². The van der Waals surface area contributed by atoms with Crippen LogP contribution in [-0.2, 0) is 28.6 Å². The van der Waals surface area contributed by atoms with Crippen molar-refractivity contribution in [2.75, 3.05) is 33.9 Å². The molecule has 0 spiro atoms. The van der Waals surface area contributed by atoms with Gasteiger partial charge < -0.3 is 24.2 Å². The van der Waals surface area contributed by atoms with E-state index in [1.807, 2.05) is 13.0 Å². The number of carboxylic acids is 1. The van der Waals surface area contributed by atoms with Crippen molar-refractivity contribution in [3.63, 3.8) is 0 Å². The molecular formula is C40H65NO7. The van der Waals surface area contributed by atoms with Gasteiger partial charge in [0.2, 0.25) is 0 Å². The quantitative estimate of drug-likeness (QED) is 0.244. The van der Waals surface area contributed by atoms with Crippen LogP contribution in [0.1, 0.15) is 114 Å². The van der Waals surface area contributed by atoms with Gasteiger partial charge in [0.15, 0.2) is 5.78 Å². The average Bonchev–Trinajstić information content (AvgIpc) is 2.99. The molecule has 0 amide bonds. The minimum Gasteiger partial charge on any atom is -0.481 e. The molecule has 0 aromatic rings. The highest BCUT2D eigenvalue weighted by Gasteiger charge is 2.74. The van der Waals surface area contributed by atoms with Crippen molar-refractivity contribution < 1.29 is 33.7 Å². The summed E-state index contributed by atoms with van der Waals surface area (Å²) in [4.78, 5) is 43.2. The van der Waals surface area contributed by atoms with Crippen LogP contribution in [0, 0.1) is 56.7 Å². The summed E-state index contributed by atoms with van der Waals surface area (Å²) in [5.41, 5.74) is -2.04. The Balaban J connectivity index is 1.61. The highest BCUT2D eigenvalue weighted by atomic mass is 16.6. The number of allylic oxidation sites excluding steroid dienone is 1. The normalized spacial score (nSPS) is 43.2. The molecule has 5 aliphatic rings. The lowest BCUT2D eigenvalue weighted by molar-refractivity contribution is -0.270. The second-order valence-electron chi connectivity index (χ2n) is 18.1. The molecular weight excluding hydrogens is 606 g/mol. The van der Waals surface area contributed by atoms with Gasteiger partial charge in [0.05, 0.1) is 25.7 Å². The monoisotopic (exact) mass is 671 g/mol. The van der Waals surface area contributed by atoms with Crippen molar-refractivity contribution in [2.24, 2.45) is 56.7 Å². The number of aliphatic carboxylic acids is 1. The molecule has 1 heterocycles. The number of likely N-dealkylation sites (N-methyl/N-ethyl adjacent to an activating group) is 1. The van der Waals surface area contributed by atoms with E-state index >= 15 is 0 Å². The van der Waals surface area contributed by atoms with Crippen molar-refractivity contribution in [2.45, 2.75) is 132 Å². The zero-order valence-electron chi connectivity index (χ0n) is 32.0. The fourth-order valence-corrected chi connectivity index (χ4v) is 12.4. The predicted octanol–water partition coefficient (Wildman–Crippen LogP) is 7.19. The molecule has 1 saturated heterocycles. The first kappa shape index (κ1) is 37.5. The molecule has 8 heteroatoms. The summed E-state index contributed by atoms with van der Waals surface area (Å²) in [5, 5.41) is 11.0. The van der Waals surface area contributed by atoms with Crippen LogP contribution < -0.4 is 0 Å². The Labute approximate surface area is 290 Å². The Morgan fingerprint density at radius 3 is 2.25 bits per heavy atom. The molecule has 48 heavy (non-hydrogen) atoms. The van der Waals surface area contributed by atoms with Gasteiger partial charge in [-0.25, -0.2) is 0 Å². The van der Waals surface area contributed by atoms with Crippen LogP contribution >= 0.6 is 0 Å². The molecule has 0 radical (unpaired) electrons. The Morgan fingerprint density at radius 2 is 1.71 bits per heavy atom. The highest BCUT2D eigenvalue weighted by molar-refractivity contribution is 6.00. The zero-order valence-corrected chi connectivity index (χ0v) is 32.0. The van der Waals surface area contributed by atoms with Crippen molar-refractivity contribution in [3.05, 3.63) is 11.6 Å². The maximum atomic E-state index is 14.9. The Hall–Kier alpha value is -1.77. The van der Waals surface area contributed by atoms with Gasteiger partial charge in [0, 0.05) is 28.7 Å². The van der Waals surface area contributed by atoms with Crippen LogP contribution in [0.3, 0.4) is 0 Å². The maximum Gasteiger partial charge on any atom is 0.308 e. The number of rotatable bonds is 10. The van der Waals surface area contributed by atoms with Crippen LogP contribution in [-0.4, -0.2) is 79.4 Å². The second-order valence-corrected chi connectivity index (χ2v) is 18.1. The molecule has 0 aromatic carbocycles. The number of ketones is 1. The molecule has 4 aliphatic carbocycles. The van der Waals surface area contributed by atoms with Gasteiger partial charge in [-0.2, -0.15) is 0 Å². The number of hydrogen-bond donors (Lipinski definition) is 1. The number of fused-ring (bicyclic) bond motifs is 3. The molecule has 2 bridgehead atoms. The lowest BCUT2D eigenvalue weighted by Crippen LogP contribution is -2.71. The molecule has 4 fully saturated rings. The van der Waals surface area contributed by atoms with E-state index in [0.29, 0.717) is 32.2 Å². The number of ether oxygens (including phenoxy) is 3. The van der Waals surface area contributed by atoms with E-state index in [-0.39, 0.29) is 41.1 Å². The van der Waals surface area contributed by atoms with Crippen molar-refractivity contribution in [1.29, 1.82) is 0 Å². The minimum absolute atomic E-state index is 0.0418. The van der Waals surface area contributed by atoms with Gasteiger partial charge in [0.25, 0.3) is 0 Å². The summed E-state index contributed by atoms with van der Waals surface area (Å²) < 4.78 is 19.7. The molecule has 1 N–H and O–H groups in total. The summed E-state index contributed by atoms with van der Waals surface area (Å²) >= 11 is 0. The van der Waals surface area contributed by atoms with Gasteiger partial charge >= 0.3 is 11.9 Å². The fourth-order valence-electron chi connectivity index (χ4n) is 12.4. The summed E-state index contributed by atoms with van der Waals surface area (Å²) in [6, 6.07) is 0. The molecule has 0 unspecified atom stereocenters. The van der Waals surface area contributed by atoms with E-state index in [1.165, 1.54) is 6.92 Å². The number of esters is 1. The average molecular weight is 672 g/mol. The van der Waals surface area contributed by atoms with Gasteiger partial charge in [-0.15, -0.1) is 0 Å². The van der Waals surface area contributed by atoms with Gasteiger partial charge in [-0.1, -0.05) is 67.9 Å². The first-order valence-corrected chi connectivity index (χ1v) is 18.8. The Kier molecular flexibility index (Phi) is 9.74. The second kappa shape index (κ2) is 12.5. The smallest absolute Gasteiger partial charge is 0.308 e. The van der Waals surface area contributed by atoms with Crippen molar-refractivity contribution in [1.82, 2.24) is 4.90 Å². The molecule has 1 aliphatic heterocycles. The third-order valence-corrected chi connectivity index (χ3v) is 16.1. The Morgan fingerprint density at radius 1 is 1.06 bits per heavy atom. The lowest BCUT2D eigenvalue weighted by atomic mass is 9.34. The van der Waals surface area contributed by atoms with E-state index < -0.39 is 45.1 Å². The molecule has 5 rings (SSSR count). The first-order chi connectivity index (χ1) is 22.3. The summed E-state index contributed by atoms with van der Waals surface area (Å²) in [6.45, 7) is 22.4. The highest BCUT2D eigenvalue weighted by Crippen LogP contribution is 2.74. The maximum absolute atomic E-state index is 14.9. The first-order valence-electron chi connectivity index (χ1n) is 18.8. The summed E-state index contributed by atoms with van der Waals surface area (Å²) in [7, 11) is 4.21. The number of carbonyl (C=O) groups is 3. The number of carboxylic acid groups (broad SMARTS) is 1. The van der Waals surface area contributed by atoms with Gasteiger partial charge in [-0.3, -0.25) is 14.4 Å². The molecule has 8 nitrogen and oxygen atoms in total. The number of carbonyl (C=O) groups excluding carboxylic acids is 2. The van der Waals surface area contributed by atoms with Crippen LogP contribution in [0.2, 0.25) is 0 Å². The third-order valence-electron chi connectivity index (χ3n) is 16.1. The zero-order chi connectivity index (χ0) is 35.8.